The number of nitrogens with zero attached hydrogens (tertiary/aromatic N) is 3. The number of hydrogen-bond acceptors (Lipinski definition) is 5. The molecular weight excluding hydrogens is 378 g/mol. The van der Waals surface area contributed by atoms with Crippen LogP contribution in [0.25, 0.3) is 11.1 Å². The quantitative estimate of drug-likeness (QED) is 0.789. The van der Waals surface area contributed by atoms with E-state index in [4.69, 9.17) is 0 Å². The second-order valence-electron chi connectivity index (χ2n) is 8.68. The zero-order chi connectivity index (χ0) is 20.8. The molecule has 2 fully saturated rings. The number of piperazine rings is 1. The molecule has 1 aliphatic carbocycles. The number of benzene rings is 2. The fourth-order valence-corrected chi connectivity index (χ4v) is 4.66. The third kappa shape index (κ3) is 3.35. The van der Waals surface area contributed by atoms with E-state index in [0.717, 1.165) is 61.5 Å². The van der Waals surface area contributed by atoms with E-state index in [9.17, 15) is 14.7 Å². The lowest BCUT2D eigenvalue weighted by Crippen LogP contribution is -2.46. The van der Waals surface area contributed by atoms with Crippen LogP contribution >= 0.6 is 0 Å². The first-order valence-electron chi connectivity index (χ1n) is 10.7. The van der Waals surface area contributed by atoms with Crippen LogP contribution in [0.3, 0.4) is 0 Å². The van der Waals surface area contributed by atoms with Gasteiger partial charge in [0.25, 0.3) is 0 Å². The minimum absolute atomic E-state index is 0.267. The third-order valence-corrected chi connectivity index (χ3v) is 6.60. The van der Waals surface area contributed by atoms with Crippen molar-refractivity contribution < 1.29 is 14.7 Å². The van der Waals surface area contributed by atoms with Crippen molar-refractivity contribution >= 4 is 23.1 Å². The van der Waals surface area contributed by atoms with Crippen molar-refractivity contribution in [3.63, 3.8) is 0 Å². The minimum atomic E-state index is -1.03. The summed E-state index contributed by atoms with van der Waals surface area (Å²) in [6.07, 6.45) is 2.12. The average Bonchev–Trinajstić information content (AvgIpc) is 3.59. The Morgan fingerprint density at radius 3 is 2.30 bits per heavy atom. The Hall–Kier alpha value is -2.86. The van der Waals surface area contributed by atoms with E-state index in [1.54, 1.807) is 0 Å². The van der Waals surface area contributed by atoms with Crippen molar-refractivity contribution in [3.8, 4) is 11.1 Å². The molecule has 0 spiro atoms. The summed E-state index contributed by atoms with van der Waals surface area (Å²) in [5.41, 5.74) is 4.66. The maximum absolute atomic E-state index is 13.1. The molecule has 2 aromatic rings. The standard InChI is InChI=1S/C24H27N3O3/c1-25-9-11-26(12-10-25)21-14-22-19(13-18(21)16-5-3-2-4-6-16)23(28)20(24(29)30)15-27(22)17-7-8-17/h2-6,13-14,17,20H,7-12,15H2,1H3,(H,29,30). The molecule has 1 saturated carbocycles. The number of hydrogen-bond donors (Lipinski definition) is 1. The van der Waals surface area contributed by atoms with E-state index in [0.29, 0.717) is 11.6 Å². The van der Waals surface area contributed by atoms with Crippen molar-refractivity contribution in [1.29, 1.82) is 0 Å². The Labute approximate surface area is 176 Å². The first kappa shape index (κ1) is 19.1. The molecule has 156 valence electrons. The molecule has 6 nitrogen and oxygen atoms in total. The van der Waals surface area contributed by atoms with Crippen LogP contribution < -0.4 is 9.80 Å². The molecule has 1 unspecified atom stereocenters. The van der Waals surface area contributed by atoms with Crippen molar-refractivity contribution in [2.75, 3.05) is 49.6 Å². The number of Topliss-reactive ketones (excluding diaryl/α,β-unsaturated/α-hetero) is 1. The lowest BCUT2D eigenvalue weighted by atomic mass is 9.87. The van der Waals surface area contributed by atoms with Crippen LogP contribution in [0, 0.1) is 5.92 Å². The van der Waals surface area contributed by atoms with Crippen LogP contribution in [-0.4, -0.2) is 67.6 Å². The molecule has 2 aliphatic heterocycles. The number of likely N-dealkylation sites (N-methyl/N-ethyl adjacent to an activating group) is 1. The predicted molar refractivity (Wildman–Crippen MR) is 117 cm³/mol. The highest BCUT2D eigenvalue weighted by Gasteiger charge is 2.42. The van der Waals surface area contributed by atoms with Gasteiger partial charge in [-0.1, -0.05) is 30.3 Å². The Morgan fingerprint density at radius 2 is 1.67 bits per heavy atom. The summed E-state index contributed by atoms with van der Waals surface area (Å²) in [5, 5.41) is 9.66. The van der Waals surface area contributed by atoms with Crippen LogP contribution in [0.15, 0.2) is 42.5 Å². The molecule has 5 rings (SSSR count). The first-order valence-corrected chi connectivity index (χ1v) is 10.7. The van der Waals surface area contributed by atoms with Crippen LogP contribution in [0.2, 0.25) is 0 Å². The number of anilines is 2. The van der Waals surface area contributed by atoms with Gasteiger partial charge in [-0.25, -0.2) is 0 Å². The molecule has 0 bridgehead atoms. The van der Waals surface area contributed by atoms with E-state index in [1.807, 2.05) is 24.3 Å². The number of aliphatic carboxylic acids is 1. The van der Waals surface area contributed by atoms with Crippen molar-refractivity contribution in [3.05, 3.63) is 48.0 Å². The topological polar surface area (TPSA) is 64.1 Å². The number of carboxylic acid groups (broad SMARTS) is 1. The lowest BCUT2D eigenvalue weighted by molar-refractivity contribution is -0.139. The molecule has 2 heterocycles. The van der Waals surface area contributed by atoms with Crippen LogP contribution in [0.4, 0.5) is 11.4 Å². The molecule has 0 amide bonds. The molecule has 6 heteroatoms. The maximum atomic E-state index is 13.1. The van der Waals surface area contributed by atoms with E-state index in [1.165, 1.54) is 0 Å². The Bertz CT molecular complexity index is 979. The molecule has 30 heavy (non-hydrogen) atoms. The summed E-state index contributed by atoms with van der Waals surface area (Å²) < 4.78 is 0. The van der Waals surface area contributed by atoms with Gasteiger partial charge < -0.3 is 19.8 Å². The highest BCUT2D eigenvalue weighted by Crippen LogP contribution is 2.44. The monoisotopic (exact) mass is 405 g/mol. The Balaban J connectivity index is 1.66. The fraction of sp³-hybridized carbons (Fsp3) is 0.417. The van der Waals surface area contributed by atoms with Gasteiger partial charge >= 0.3 is 5.97 Å². The summed E-state index contributed by atoms with van der Waals surface area (Å²) in [6, 6.07) is 14.5. The highest BCUT2D eigenvalue weighted by atomic mass is 16.4. The molecule has 3 aliphatic rings. The van der Waals surface area contributed by atoms with Crippen molar-refractivity contribution in [2.45, 2.75) is 18.9 Å². The summed E-state index contributed by atoms with van der Waals surface area (Å²) in [4.78, 5) is 31.8. The van der Waals surface area contributed by atoms with Crippen LogP contribution in [-0.2, 0) is 4.79 Å². The second-order valence-corrected chi connectivity index (χ2v) is 8.68. The molecule has 1 saturated heterocycles. The van der Waals surface area contributed by atoms with Gasteiger partial charge in [0.2, 0.25) is 0 Å². The molecule has 0 aromatic heterocycles. The molecule has 0 radical (unpaired) electrons. The normalized spacial score (nSPS) is 22.2. The minimum Gasteiger partial charge on any atom is -0.481 e. The van der Waals surface area contributed by atoms with Gasteiger partial charge in [-0.15, -0.1) is 0 Å². The fourth-order valence-electron chi connectivity index (χ4n) is 4.66. The zero-order valence-electron chi connectivity index (χ0n) is 17.3. The van der Waals surface area contributed by atoms with E-state index in [2.05, 4.69) is 39.9 Å². The summed E-state index contributed by atoms with van der Waals surface area (Å²) in [7, 11) is 2.14. The van der Waals surface area contributed by atoms with Gasteiger partial charge in [-0.3, -0.25) is 9.59 Å². The first-order chi connectivity index (χ1) is 14.5. The number of carboxylic acids is 1. The van der Waals surface area contributed by atoms with Gasteiger partial charge in [0.05, 0.1) is 0 Å². The van der Waals surface area contributed by atoms with Gasteiger partial charge in [-0.05, 0) is 37.6 Å². The number of fused-ring (bicyclic) bond motifs is 1. The Morgan fingerprint density at radius 1 is 0.967 bits per heavy atom. The summed E-state index contributed by atoms with van der Waals surface area (Å²) in [6.45, 7) is 4.14. The van der Waals surface area contributed by atoms with E-state index in [-0.39, 0.29) is 12.3 Å². The average molecular weight is 405 g/mol. The van der Waals surface area contributed by atoms with Gasteiger partial charge in [0, 0.05) is 61.3 Å². The SMILES string of the molecule is CN1CCN(c2cc3c(cc2-c2ccccc2)C(=O)C(C(=O)O)CN3C2CC2)CC1. The number of carbonyl (C=O) groups is 2. The maximum Gasteiger partial charge on any atom is 0.316 e. The smallest absolute Gasteiger partial charge is 0.316 e. The van der Waals surface area contributed by atoms with Gasteiger partial charge in [0.1, 0.15) is 5.92 Å². The summed E-state index contributed by atoms with van der Waals surface area (Å²) >= 11 is 0. The van der Waals surface area contributed by atoms with Crippen LogP contribution in [0.5, 0.6) is 0 Å². The second kappa shape index (κ2) is 7.43. The summed E-state index contributed by atoms with van der Waals surface area (Å²) in [5.74, 6) is -2.28. The molecule has 2 aromatic carbocycles. The zero-order valence-corrected chi connectivity index (χ0v) is 17.3. The van der Waals surface area contributed by atoms with E-state index >= 15 is 0 Å². The molecule has 1 atom stereocenters. The highest BCUT2D eigenvalue weighted by molar-refractivity contribution is 6.14. The van der Waals surface area contributed by atoms with E-state index < -0.39 is 11.9 Å². The lowest BCUT2D eigenvalue weighted by Gasteiger charge is -2.38. The molecule has 1 N–H and O–H groups in total. The Kier molecular flexibility index (Phi) is 4.74. The molecular formula is C24H27N3O3. The van der Waals surface area contributed by atoms with Crippen molar-refractivity contribution in [2.24, 2.45) is 5.92 Å². The third-order valence-electron chi connectivity index (χ3n) is 6.60. The largest absolute Gasteiger partial charge is 0.481 e. The van der Waals surface area contributed by atoms with Crippen molar-refractivity contribution in [1.82, 2.24) is 4.90 Å². The van der Waals surface area contributed by atoms with Crippen LogP contribution in [0.1, 0.15) is 23.2 Å². The van der Waals surface area contributed by atoms with Gasteiger partial charge in [0.15, 0.2) is 5.78 Å². The number of rotatable bonds is 4. The predicted octanol–water partition coefficient (Wildman–Crippen LogP) is 2.97. The number of carbonyl (C=O) groups excluding carboxylic acids is 1. The number of ketones is 1. The van der Waals surface area contributed by atoms with Gasteiger partial charge in [-0.2, -0.15) is 0 Å².